The molecule has 2 atom stereocenters. The van der Waals surface area contributed by atoms with Crippen molar-refractivity contribution in [1.29, 1.82) is 0 Å². The lowest BCUT2D eigenvalue weighted by atomic mass is 9.80. The minimum Gasteiger partial charge on any atom is -0.371 e. The maximum Gasteiger partial charge on any atom is 0.255 e. The van der Waals surface area contributed by atoms with Gasteiger partial charge in [-0.2, -0.15) is 0 Å². The van der Waals surface area contributed by atoms with E-state index in [-0.39, 0.29) is 5.91 Å². The fourth-order valence-corrected chi connectivity index (χ4v) is 4.77. The molecule has 1 fully saturated rings. The molecule has 0 radical (unpaired) electrons. The zero-order valence-corrected chi connectivity index (χ0v) is 14.3. The van der Waals surface area contributed by atoms with Crippen molar-refractivity contribution in [3.8, 4) is 0 Å². The molecule has 0 saturated carbocycles. The normalized spacial score (nSPS) is 23.8. The highest BCUT2D eigenvalue weighted by Crippen LogP contribution is 2.45. The third-order valence-electron chi connectivity index (χ3n) is 5.90. The van der Waals surface area contributed by atoms with E-state index in [4.69, 9.17) is 0 Å². The summed E-state index contributed by atoms with van der Waals surface area (Å²) >= 11 is 0. The zero-order valence-electron chi connectivity index (χ0n) is 14.3. The summed E-state index contributed by atoms with van der Waals surface area (Å²) in [6.45, 7) is 4.50. The third-order valence-corrected chi connectivity index (χ3v) is 5.90. The number of hydrogen-bond acceptors (Lipinski definition) is 3. The molecule has 0 unspecified atom stereocenters. The van der Waals surface area contributed by atoms with Crippen LogP contribution in [-0.4, -0.2) is 32.1 Å². The smallest absolute Gasteiger partial charge is 0.255 e. The van der Waals surface area contributed by atoms with Gasteiger partial charge in [0.15, 0.2) is 0 Å². The summed E-state index contributed by atoms with van der Waals surface area (Å²) in [6.07, 6.45) is 2.31. The number of amides is 1. The molecule has 25 heavy (non-hydrogen) atoms. The first-order chi connectivity index (χ1) is 12.3. The zero-order chi connectivity index (χ0) is 16.8. The number of carbonyl (C=O) groups excluding carboxylic acids is 1. The van der Waals surface area contributed by atoms with Crippen LogP contribution < -0.4 is 15.5 Å². The summed E-state index contributed by atoms with van der Waals surface area (Å²) in [4.78, 5) is 15.1. The molecule has 3 aliphatic heterocycles. The number of fused-ring (bicyclic) bond motifs is 2. The van der Waals surface area contributed by atoms with E-state index in [1.54, 1.807) is 0 Å². The standard InChI is InChI=1S/C21H23N3O/c25-21(14-5-2-1-3-6-14)23-17-9-15-7-4-8-24-13-16-11-22-12-19(16)18(10-17)20(15)24/h1-3,5-6,9-10,16,19,22H,4,7-8,11-13H2,(H,23,25)/t16-,19-/m1/s1. The lowest BCUT2D eigenvalue weighted by molar-refractivity contribution is 0.102. The van der Waals surface area contributed by atoms with Crippen LogP contribution >= 0.6 is 0 Å². The number of carbonyl (C=O) groups is 1. The average Bonchev–Trinajstić information content (AvgIpc) is 3.11. The maximum absolute atomic E-state index is 12.6. The molecule has 5 rings (SSSR count). The highest BCUT2D eigenvalue weighted by Gasteiger charge is 2.38. The van der Waals surface area contributed by atoms with Crippen LogP contribution in [-0.2, 0) is 6.42 Å². The summed E-state index contributed by atoms with van der Waals surface area (Å²) in [5.41, 5.74) is 5.93. The van der Waals surface area contributed by atoms with Crippen LogP contribution in [0.15, 0.2) is 42.5 Å². The Morgan fingerprint density at radius 2 is 2.04 bits per heavy atom. The number of nitrogens with zero attached hydrogens (tertiary/aromatic N) is 1. The van der Waals surface area contributed by atoms with Gasteiger partial charge in [0.25, 0.3) is 5.91 Å². The largest absolute Gasteiger partial charge is 0.371 e. The van der Waals surface area contributed by atoms with E-state index in [1.807, 2.05) is 30.3 Å². The minimum absolute atomic E-state index is 0.0303. The van der Waals surface area contributed by atoms with Gasteiger partial charge in [0, 0.05) is 49.0 Å². The van der Waals surface area contributed by atoms with Crippen molar-refractivity contribution in [2.75, 3.05) is 36.4 Å². The van der Waals surface area contributed by atoms with Gasteiger partial charge >= 0.3 is 0 Å². The highest BCUT2D eigenvalue weighted by molar-refractivity contribution is 6.04. The fraction of sp³-hybridized carbons (Fsp3) is 0.381. The van der Waals surface area contributed by atoms with Crippen molar-refractivity contribution in [1.82, 2.24) is 5.32 Å². The van der Waals surface area contributed by atoms with Crippen molar-refractivity contribution in [3.05, 3.63) is 59.2 Å². The first-order valence-electron chi connectivity index (χ1n) is 9.28. The van der Waals surface area contributed by atoms with Crippen molar-refractivity contribution in [2.24, 2.45) is 5.92 Å². The van der Waals surface area contributed by atoms with Crippen molar-refractivity contribution in [2.45, 2.75) is 18.8 Å². The van der Waals surface area contributed by atoms with E-state index in [9.17, 15) is 4.79 Å². The quantitative estimate of drug-likeness (QED) is 0.888. The second kappa shape index (κ2) is 5.88. The predicted molar refractivity (Wildman–Crippen MR) is 100 cm³/mol. The van der Waals surface area contributed by atoms with Crippen LogP contribution in [0.1, 0.15) is 33.8 Å². The number of nitrogens with one attached hydrogen (secondary N) is 2. The van der Waals surface area contributed by atoms with Gasteiger partial charge in [0.1, 0.15) is 0 Å². The van der Waals surface area contributed by atoms with E-state index in [1.165, 1.54) is 36.3 Å². The Kier molecular flexibility index (Phi) is 3.52. The summed E-state index contributed by atoms with van der Waals surface area (Å²) in [5.74, 6) is 1.24. The average molecular weight is 333 g/mol. The Bertz CT molecular complexity index is 817. The minimum atomic E-state index is -0.0303. The van der Waals surface area contributed by atoms with Crippen LogP contribution in [0, 0.1) is 5.92 Å². The fourth-order valence-electron chi connectivity index (χ4n) is 4.77. The van der Waals surface area contributed by atoms with E-state index in [0.29, 0.717) is 17.4 Å². The molecular weight excluding hydrogens is 310 g/mol. The van der Waals surface area contributed by atoms with Crippen molar-refractivity contribution in [3.63, 3.8) is 0 Å². The van der Waals surface area contributed by atoms with Gasteiger partial charge in [0.05, 0.1) is 0 Å². The number of anilines is 2. The van der Waals surface area contributed by atoms with Crippen molar-refractivity contribution >= 4 is 17.3 Å². The van der Waals surface area contributed by atoms with Gasteiger partial charge in [-0.15, -0.1) is 0 Å². The molecule has 0 spiro atoms. The summed E-state index contributed by atoms with van der Waals surface area (Å²) in [6, 6.07) is 13.9. The van der Waals surface area contributed by atoms with Crippen LogP contribution in [0.2, 0.25) is 0 Å². The number of benzene rings is 2. The first kappa shape index (κ1) is 15.0. The second-order valence-corrected chi connectivity index (χ2v) is 7.47. The van der Waals surface area contributed by atoms with Gasteiger partial charge in [0.2, 0.25) is 0 Å². The first-order valence-corrected chi connectivity index (χ1v) is 9.28. The molecule has 128 valence electrons. The summed E-state index contributed by atoms with van der Waals surface area (Å²) in [5, 5.41) is 6.69. The molecule has 3 aliphatic rings. The lowest BCUT2D eigenvalue weighted by Crippen LogP contribution is -2.41. The van der Waals surface area contributed by atoms with Crippen LogP contribution in [0.3, 0.4) is 0 Å². The molecule has 0 aromatic heterocycles. The Morgan fingerprint density at radius 1 is 1.16 bits per heavy atom. The highest BCUT2D eigenvalue weighted by atomic mass is 16.1. The SMILES string of the molecule is O=C(Nc1cc2c3c(c1)[C@@H]1CNC[C@@H]1CN3CCC2)c1ccccc1. The number of rotatable bonds is 2. The molecule has 2 aromatic rings. The molecule has 0 aliphatic carbocycles. The van der Waals surface area contributed by atoms with Gasteiger partial charge < -0.3 is 15.5 Å². The van der Waals surface area contributed by atoms with Crippen molar-refractivity contribution < 1.29 is 4.79 Å². The van der Waals surface area contributed by atoms with E-state index >= 15 is 0 Å². The van der Waals surface area contributed by atoms with Crippen LogP contribution in [0.5, 0.6) is 0 Å². The molecule has 2 aromatic carbocycles. The Hall–Kier alpha value is -2.33. The summed E-state index contributed by atoms with van der Waals surface area (Å²) < 4.78 is 0. The molecule has 4 nitrogen and oxygen atoms in total. The monoisotopic (exact) mass is 333 g/mol. The molecule has 1 saturated heterocycles. The van der Waals surface area contributed by atoms with Gasteiger partial charge in [-0.05, 0) is 54.2 Å². The molecule has 4 heteroatoms. The molecule has 1 amide bonds. The predicted octanol–water partition coefficient (Wildman–Crippen LogP) is 3.01. The lowest BCUT2D eigenvalue weighted by Gasteiger charge is -2.42. The van der Waals surface area contributed by atoms with Gasteiger partial charge in [-0.3, -0.25) is 4.79 Å². The van der Waals surface area contributed by atoms with Crippen LogP contribution in [0.25, 0.3) is 0 Å². The van der Waals surface area contributed by atoms with Gasteiger partial charge in [-0.25, -0.2) is 0 Å². The van der Waals surface area contributed by atoms with Crippen LogP contribution in [0.4, 0.5) is 11.4 Å². The summed E-state index contributed by atoms with van der Waals surface area (Å²) in [7, 11) is 0. The Balaban J connectivity index is 1.52. The van der Waals surface area contributed by atoms with E-state index in [0.717, 1.165) is 25.2 Å². The number of aryl methyl sites for hydroxylation is 1. The number of hydrogen-bond donors (Lipinski definition) is 2. The molecule has 0 bridgehead atoms. The molecular formula is C21H23N3O. The second-order valence-electron chi connectivity index (χ2n) is 7.47. The molecule has 3 heterocycles. The van der Waals surface area contributed by atoms with Gasteiger partial charge in [-0.1, -0.05) is 18.2 Å². The Labute approximate surface area is 148 Å². The van der Waals surface area contributed by atoms with E-state index in [2.05, 4.69) is 27.7 Å². The third kappa shape index (κ3) is 2.52. The topological polar surface area (TPSA) is 44.4 Å². The Morgan fingerprint density at radius 3 is 2.92 bits per heavy atom. The van der Waals surface area contributed by atoms with E-state index < -0.39 is 0 Å². The maximum atomic E-state index is 12.6. The molecule has 2 N–H and O–H groups in total.